The summed E-state index contributed by atoms with van der Waals surface area (Å²) in [6.45, 7) is 3.10. The average molecular weight is 289 g/mol. The molecular weight excluding hydrogens is 279 g/mol. The van der Waals surface area contributed by atoms with Gasteiger partial charge in [0.2, 0.25) is 0 Å². The topological polar surface area (TPSA) is 69.4 Å². The summed E-state index contributed by atoms with van der Waals surface area (Å²) in [5, 5.41) is 10.5. The van der Waals surface area contributed by atoms with Crippen LogP contribution in [0.1, 0.15) is 11.5 Å². The molecular formula is C12H10F3NO4. The molecule has 0 saturated heterocycles. The van der Waals surface area contributed by atoms with Crippen molar-refractivity contribution >= 4 is 11.7 Å². The van der Waals surface area contributed by atoms with E-state index in [0.29, 0.717) is 0 Å². The van der Waals surface area contributed by atoms with Crippen LogP contribution in [-0.2, 0) is 9.53 Å². The monoisotopic (exact) mass is 289 g/mol. The standard InChI is InChI=1S/C12H10F3NO4/c1-7(11(17)20-2)10(12(13,14)15)8-3-5-9(6-4-8)16(18)19/h3-6,10H,1H2,2H3. The molecule has 0 saturated carbocycles. The van der Waals surface area contributed by atoms with Crippen molar-refractivity contribution < 1.29 is 27.6 Å². The third-order valence-corrected chi connectivity index (χ3v) is 2.56. The first-order valence-corrected chi connectivity index (χ1v) is 5.26. The molecule has 20 heavy (non-hydrogen) atoms. The minimum absolute atomic E-state index is 0.321. The smallest absolute Gasteiger partial charge is 0.399 e. The Labute approximate surface area is 111 Å². The number of methoxy groups -OCH3 is 1. The van der Waals surface area contributed by atoms with Gasteiger partial charge in [-0.05, 0) is 5.56 Å². The van der Waals surface area contributed by atoms with Gasteiger partial charge in [0.1, 0.15) is 5.92 Å². The number of esters is 1. The largest absolute Gasteiger partial charge is 0.466 e. The number of carbonyl (C=O) groups excluding carboxylic acids is 1. The lowest BCUT2D eigenvalue weighted by Gasteiger charge is -2.21. The molecule has 0 amide bonds. The third kappa shape index (κ3) is 3.34. The lowest BCUT2D eigenvalue weighted by Crippen LogP contribution is -2.26. The number of nitro groups is 1. The number of alkyl halides is 3. The van der Waals surface area contributed by atoms with Crippen LogP contribution in [-0.4, -0.2) is 24.2 Å². The van der Waals surface area contributed by atoms with Crippen LogP contribution in [0.15, 0.2) is 36.4 Å². The van der Waals surface area contributed by atoms with Crippen LogP contribution in [0.2, 0.25) is 0 Å². The van der Waals surface area contributed by atoms with E-state index < -0.39 is 28.6 Å². The van der Waals surface area contributed by atoms with Crippen LogP contribution in [0.4, 0.5) is 18.9 Å². The Bertz CT molecular complexity index is 537. The first kappa shape index (κ1) is 15.7. The average Bonchev–Trinajstić information content (AvgIpc) is 2.36. The Balaban J connectivity index is 3.22. The third-order valence-electron chi connectivity index (χ3n) is 2.56. The van der Waals surface area contributed by atoms with E-state index in [1.807, 2.05) is 0 Å². The summed E-state index contributed by atoms with van der Waals surface area (Å²) in [7, 11) is 0.941. The van der Waals surface area contributed by atoms with Gasteiger partial charge in [-0.1, -0.05) is 18.7 Å². The van der Waals surface area contributed by atoms with Crippen LogP contribution in [0, 0.1) is 10.1 Å². The SMILES string of the molecule is C=C(C(=O)OC)C(c1ccc([N+](=O)[O-])cc1)C(F)(F)F. The second kappa shape index (κ2) is 5.72. The Hall–Kier alpha value is -2.38. The zero-order chi connectivity index (χ0) is 15.5. The summed E-state index contributed by atoms with van der Waals surface area (Å²) in [4.78, 5) is 20.9. The number of hydrogen-bond donors (Lipinski definition) is 0. The molecule has 0 radical (unpaired) electrons. The molecule has 0 aliphatic carbocycles. The molecule has 0 fully saturated rings. The van der Waals surface area contributed by atoms with E-state index in [1.165, 1.54) is 0 Å². The van der Waals surface area contributed by atoms with E-state index >= 15 is 0 Å². The number of non-ortho nitro benzene ring substituents is 1. The van der Waals surface area contributed by atoms with Gasteiger partial charge in [0, 0.05) is 17.7 Å². The second-order valence-corrected chi connectivity index (χ2v) is 3.84. The molecule has 0 bridgehead atoms. The van der Waals surface area contributed by atoms with Gasteiger partial charge >= 0.3 is 12.1 Å². The zero-order valence-electron chi connectivity index (χ0n) is 10.3. The predicted molar refractivity (Wildman–Crippen MR) is 63.0 cm³/mol. The van der Waals surface area contributed by atoms with Crippen molar-refractivity contribution in [3.8, 4) is 0 Å². The highest BCUT2D eigenvalue weighted by atomic mass is 19.4. The van der Waals surface area contributed by atoms with Gasteiger partial charge in [-0.2, -0.15) is 13.2 Å². The molecule has 1 atom stereocenters. The van der Waals surface area contributed by atoms with Crippen LogP contribution >= 0.6 is 0 Å². The van der Waals surface area contributed by atoms with Crippen molar-refractivity contribution in [2.75, 3.05) is 7.11 Å². The summed E-state index contributed by atoms with van der Waals surface area (Å²) < 4.78 is 43.3. The predicted octanol–water partition coefficient (Wildman–Crippen LogP) is 2.97. The molecule has 0 N–H and O–H groups in total. The molecule has 8 heteroatoms. The van der Waals surface area contributed by atoms with Gasteiger partial charge in [-0.15, -0.1) is 0 Å². The Morgan fingerprint density at radius 2 is 1.85 bits per heavy atom. The van der Waals surface area contributed by atoms with Crippen molar-refractivity contribution in [3.05, 3.63) is 52.1 Å². The van der Waals surface area contributed by atoms with Crippen molar-refractivity contribution in [1.82, 2.24) is 0 Å². The maximum absolute atomic E-state index is 13.0. The number of nitro benzene ring substituents is 1. The molecule has 5 nitrogen and oxygen atoms in total. The van der Waals surface area contributed by atoms with Gasteiger partial charge in [0.25, 0.3) is 5.69 Å². The second-order valence-electron chi connectivity index (χ2n) is 3.84. The molecule has 0 aliphatic heterocycles. The van der Waals surface area contributed by atoms with E-state index in [9.17, 15) is 28.1 Å². The fourth-order valence-electron chi connectivity index (χ4n) is 1.63. The molecule has 108 valence electrons. The summed E-state index contributed by atoms with van der Waals surface area (Å²) in [5.74, 6) is -3.46. The van der Waals surface area contributed by atoms with E-state index in [-0.39, 0.29) is 11.3 Å². The van der Waals surface area contributed by atoms with E-state index in [4.69, 9.17) is 0 Å². The number of ether oxygens (including phenoxy) is 1. The van der Waals surface area contributed by atoms with Crippen LogP contribution < -0.4 is 0 Å². The van der Waals surface area contributed by atoms with Gasteiger partial charge in [-0.25, -0.2) is 4.79 Å². The number of carbonyl (C=O) groups is 1. The Morgan fingerprint density at radius 3 is 2.20 bits per heavy atom. The summed E-state index contributed by atoms with van der Waals surface area (Å²) in [6.07, 6.45) is -4.76. The number of nitrogens with zero attached hydrogens (tertiary/aromatic N) is 1. The van der Waals surface area contributed by atoms with E-state index in [1.54, 1.807) is 0 Å². The molecule has 1 aromatic carbocycles. The van der Waals surface area contributed by atoms with Crippen LogP contribution in [0.25, 0.3) is 0 Å². The van der Waals surface area contributed by atoms with Gasteiger partial charge < -0.3 is 4.74 Å². The lowest BCUT2D eigenvalue weighted by molar-refractivity contribution is -0.384. The van der Waals surface area contributed by atoms with Crippen molar-refractivity contribution in [2.45, 2.75) is 12.1 Å². The number of rotatable bonds is 4. The first-order chi connectivity index (χ1) is 9.18. The maximum atomic E-state index is 13.0. The fraction of sp³-hybridized carbons (Fsp3) is 0.250. The molecule has 0 spiro atoms. The quantitative estimate of drug-likeness (QED) is 0.370. The van der Waals surface area contributed by atoms with Gasteiger partial charge in [0.05, 0.1) is 12.0 Å². The van der Waals surface area contributed by atoms with Crippen LogP contribution in [0.3, 0.4) is 0 Å². The highest BCUT2D eigenvalue weighted by Gasteiger charge is 2.45. The highest BCUT2D eigenvalue weighted by molar-refractivity contribution is 5.89. The van der Waals surface area contributed by atoms with Crippen molar-refractivity contribution in [3.63, 3.8) is 0 Å². The molecule has 1 unspecified atom stereocenters. The zero-order valence-corrected chi connectivity index (χ0v) is 10.3. The van der Waals surface area contributed by atoms with Crippen LogP contribution in [0.5, 0.6) is 0 Å². The molecule has 0 aromatic heterocycles. The fourth-order valence-corrected chi connectivity index (χ4v) is 1.63. The van der Waals surface area contributed by atoms with E-state index in [0.717, 1.165) is 31.4 Å². The normalized spacial score (nSPS) is 12.6. The summed E-state index contributed by atoms with van der Waals surface area (Å²) in [5.41, 5.74) is -1.45. The summed E-state index contributed by atoms with van der Waals surface area (Å²) in [6, 6.07) is 3.73. The minimum Gasteiger partial charge on any atom is -0.466 e. The highest BCUT2D eigenvalue weighted by Crippen LogP contribution is 2.40. The van der Waals surface area contributed by atoms with Crippen molar-refractivity contribution in [1.29, 1.82) is 0 Å². The minimum atomic E-state index is -4.76. The number of hydrogen-bond acceptors (Lipinski definition) is 4. The summed E-state index contributed by atoms with van der Waals surface area (Å²) >= 11 is 0. The molecule has 1 aromatic rings. The van der Waals surface area contributed by atoms with Gasteiger partial charge in [-0.3, -0.25) is 10.1 Å². The maximum Gasteiger partial charge on any atom is 0.399 e. The van der Waals surface area contributed by atoms with E-state index in [2.05, 4.69) is 11.3 Å². The number of halogens is 3. The Morgan fingerprint density at radius 1 is 1.35 bits per heavy atom. The number of benzene rings is 1. The van der Waals surface area contributed by atoms with Gasteiger partial charge in [0.15, 0.2) is 0 Å². The first-order valence-electron chi connectivity index (χ1n) is 5.26. The molecule has 0 aliphatic rings. The lowest BCUT2D eigenvalue weighted by atomic mass is 9.91. The Kier molecular flexibility index (Phi) is 4.49. The molecule has 0 heterocycles. The van der Waals surface area contributed by atoms with Crippen molar-refractivity contribution in [2.24, 2.45) is 0 Å². The molecule has 1 rings (SSSR count).